The van der Waals surface area contributed by atoms with Crippen LogP contribution in [0.5, 0.6) is 11.5 Å². The van der Waals surface area contributed by atoms with Gasteiger partial charge in [0.2, 0.25) is 22.7 Å². The van der Waals surface area contributed by atoms with Crippen LogP contribution >= 0.6 is 0 Å². The molecule has 0 spiro atoms. The van der Waals surface area contributed by atoms with Gasteiger partial charge in [-0.2, -0.15) is 0 Å². The van der Waals surface area contributed by atoms with Crippen molar-refractivity contribution in [1.82, 2.24) is 9.71 Å². The first-order valence-corrected chi connectivity index (χ1v) is 12.9. The van der Waals surface area contributed by atoms with E-state index < -0.39 is 21.0 Å². The second-order valence-corrected chi connectivity index (χ2v) is 11.6. The van der Waals surface area contributed by atoms with E-state index >= 15 is 0 Å². The molecule has 9 heteroatoms. The molecule has 35 heavy (non-hydrogen) atoms. The third-order valence-corrected chi connectivity index (χ3v) is 7.78. The topological polar surface area (TPSA) is 107 Å². The molecule has 2 heterocycles. The van der Waals surface area contributed by atoms with E-state index in [4.69, 9.17) is 9.47 Å². The van der Waals surface area contributed by atoms with Gasteiger partial charge >= 0.3 is 0 Å². The number of aromatic nitrogens is 1. The van der Waals surface area contributed by atoms with Crippen molar-refractivity contribution in [3.63, 3.8) is 0 Å². The molecule has 2 N–H and O–H groups in total. The van der Waals surface area contributed by atoms with Crippen molar-refractivity contribution in [2.45, 2.75) is 49.5 Å². The van der Waals surface area contributed by atoms with Crippen LogP contribution in [-0.4, -0.2) is 31.6 Å². The van der Waals surface area contributed by atoms with E-state index in [2.05, 4.69) is 15.0 Å². The molecule has 0 radical (unpaired) electrons. The Morgan fingerprint density at radius 3 is 2.40 bits per heavy atom. The maximum absolute atomic E-state index is 13.2. The van der Waals surface area contributed by atoms with Gasteiger partial charge in [0, 0.05) is 12.5 Å². The van der Waals surface area contributed by atoms with Gasteiger partial charge in [-0.1, -0.05) is 24.3 Å². The summed E-state index contributed by atoms with van der Waals surface area (Å²) in [6, 6.07) is 17.5. The van der Waals surface area contributed by atoms with Crippen LogP contribution in [0.3, 0.4) is 0 Å². The van der Waals surface area contributed by atoms with Crippen molar-refractivity contribution in [2.75, 3.05) is 12.1 Å². The molecule has 1 aliphatic carbocycles. The van der Waals surface area contributed by atoms with Gasteiger partial charge in [-0.05, 0) is 75.6 Å². The summed E-state index contributed by atoms with van der Waals surface area (Å²) in [5, 5.41) is 2.95. The summed E-state index contributed by atoms with van der Waals surface area (Å²) in [5.41, 5.74) is 1.09. The highest BCUT2D eigenvalue weighted by molar-refractivity contribution is 7.89. The lowest BCUT2D eigenvalue weighted by Gasteiger charge is -2.20. The van der Waals surface area contributed by atoms with Crippen molar-refractivity contribution in [3.8, 4) is 22.8 Å². The van der Waals surface area contributed by atoms with Gasteiger partial charge in [-0.25, -0.2) is 18.1 Å². The number of fused-ring (bicyclic) bond motifs is 1. The predicted octanol–water partition coefficient (Wildman–Crippen LogP) is 4.47. The summed E-state index contributed by atoms with van der Waals surface area (Å²) < 4.78 is 38.6. The Morgan fingerprint density at radius 1 is 1.00 bits per heavy atom. The number of pyridine rings is 1. The molecule has 1 amide bonds. The Labute approximate surface area is 206 Å². The van der Waals surface area contributed by atoms with E-state index in [0.29, 0.717) is 23.0 Å². The number of nitrogens with zero attached hydrogens (tertiary/aromatic N) is 1. The normalized spacial score (nSPS) is 16.1. The Bertz CT molecular complexity index is 1400. The van der Waals surface area contributed by atoms with Crippen molar-refractivity contribution in [3.05, 3.63) is 66.2 Å². The second-order valence-electron chi connectivity index (χ2n) is 9.89. The van der Waals surface area contributed by atoms with Crippen LogP contribution in [0.15, 0.2) is 65.6 Å². The maximum Gasteiger partial charge on any atom is 0.241 e. The summed E-state index contributed by atoms with van der Waals surface area (Å²) in [4.78, 5) is 18.0. The quantitative estimate of drug-likeness (QED) is 0.523. The van der Waals surface area contributed by atoms with E-state index in [1.807, 2.05) is 30.3 Å². The van der Waals surface area contributed by atoms with E-state index in [1.165, 1.54) is 0 Å². The molecule has 5 rings (SSSR count). The van der Waals surface area contributed by atoms with Crippen LogP contribution in [0.25, 0.3) is 11.3 Å². The zero-order chi connectivity index (χ0) is 24.8. The number of benzene rings is 2. The molecule has 8 nitrogen and oxygen atoms in total. The minimum atomic E-state index is -3.62. The Morgan fingerprint density at radius 2 is 1.71 bits per heavy atom. The third kappa shape index (κ3) is 4.74. The highest BCUT2D eigenvalue weighted by atomic mass is 32.2. The monoisotopic (exact) mass is 495 g/mol. The molecule has 1 fully saturated rings. The van der Waals surface area contributed by atoms with Crippen molar-refractivity contribution < 1.29 is 24.1 Å². The molecule has 1 aliphatic heterocycles. The molecule has 1 saturated carbocycles. The number of anilines is 1. The molecule has 0 unspecified atom stereocenters. The number of nitrogens with one attached hydrogen (secondary N) is 2. The Balaban J connectivity index is 0.00000304. The number of sulfonamides is 1. The Hall–Kier alpha value is -3.43. The van der Waals surface area contributed by atoms with Gasteiger partial charge in [-0.15, -0.1) is 0 Å². The van der Waals surface area contributed by atoms with Crippen LogP contribution < -0.4 is 19.5 Å². The number of amides is 1. The summed E-state index contributed by atoms with van der Waals surface area (Å²) in [5.74, 6) is 1.67. The second kappa shape index (κ2) is 8.35. The van der Waals surface area contributed by atoms with Gasteiger partial charge in [0.05, 0.1) is 16.0 Å². The number of hydrogen-bond donors (Lipinski definition) is 2. The van der Waals surface area contributed by atoms with Gasteiger partial charge in [0.1, 0.15) is 5.82 Å². The van der Waals surface area contributed by atoms with Gasteiger partial charge in [0.15, 0.2) is 11.5 Å². The average molecular weight is 496 g/mol. The van der Waals surface area contributed by atoms with Gasteiger partial charge in [0.25, 0.3) is 0 Å². The largest absolute Gasteiger partial charge is 0.454 e. The molecule has 0 saturated heterocycles. The SMILES string of the molecule is CC(C)(C)NS(=O)(=O)c1ccc(-c2cccc(NC(=O)C3(c4ccc5c(c4)OCO5)CC3)n2)cc1.[HH]. The van der Waals surface area contributed by atoms with E-state index in [9.17, 15) is 13.2 Å². The molecule has 1 aromatic heterocycles. The summed E-state index contributed by atoms with van der Waals surface area (Å²) in [7, 11) is -3.62. The van der Waals surface area contributed by atoms with Crippen LogP contribution in [0.2, 0.25) is 0 Å². The lowest BCUT2D eigenvalue weighted by molar-refractivity contribution is -0.118. The van der Waals surface area contributed by atoms with Gasteiger partial charge in [-0.3, -0.25) is 4.79 Å². The fourth-order valence-electron chi connectivity index (χ4n) is 4.13. The van der Waals surface area contributed by atoms with E-state index in [0.717, 1.165) is 24.0 Å². The first kappa shape index (κ1) is 23.3. The first-order valence-electron chi connectivity index (χ1n) is 11.4. The molecule has 3 aromatic rings. The van der Waals surface area contributed by atoms with Crippen LogP contribution in [0, 0.1) is 0 Å². The molecule has 0 bridgehead atoms. The standard InChI is InChI=1S/C26H27N3O5S.H2/c1-25(2,3)29-35(31,32)19-10-7-17(8-11-19)20-5-4-6-23(27-20)28-24(30)26(13-14-26)18-9-12-21-22(15-18)34-16-33-21;/h4-12,15,29H,13-14,16H2,1-3H3,(H,27,28,30);1H. The van der Waals surface area contributed by atoms with E-state index in [1.54, 1.807) is 51.1 Å². The smallest absolute Gasteiger partial charge is 0.241 e. The summed E-state index contributed by atoms with van der Waals surface area (Å²) in [6.07, 6.45) is 1.49. The fourth-order valence-corrected chi connectivity index (χ4v) is 5.55. The number of hydrogen-bond acceptors (Lipinski definition) is 6. The molecule has 2 aromatic carbocycles. The maximum atomic E-state index is 13.2. The van der Waals surface area contributed by atoms with E-state index in [-0.39, 0.29) is 19.0 Å². The number of ether oxygens (including phenoxy) is 2. The fraction of sp³-hybridized carbons (Fsp3) is 0.308. The summed E-state index contributed by atoms with van der Waals surface area (Å²) >= 11 is 0. The lowest BCUT2D eigenvalue weighted by atomic mass is 9.94. The number of rotatable bonds is 6. The lowest BCUT2D eigenvalue weighted by Crippen LogP contribution is -2.40. The highest BCUT2D eigenvalue weighted by Gasteiger charge is 2.51. The zero-order valence-electron chi connectivity index (χ0n) is 19.8. The minimum Gasteiger partial charge on any atom is -0.454 e. The summed E-state index contributed by atoms with van der Waals surface area (Å²) in [6.45, 7) is 5.57. The molecule has 184 valence electrons. The minimum absolute atomic E-state index is 0. The van der Waals surface area contributed by atoms with Crippen LogP contribution in [-0.2, 0) is 20.2 Å². The van der Waals surface area contributed by atoms with Crippen molar-refractivity contribution in [1.29, 1.82) is 0 Å². The van der Waals surface area contributed by atoms with Gasteiger partial charge < -0.3 is 14.8 Å². The Kier molecular flexibility index (Phi) is 5.56. The number of carbonyl (C=O) groups excluding carboxylic acids is 1. The van der Waals surface area contributed by atoms with Crippen LogP contribution in [0.4, 0.5) is 5.82 Å². The molecule has 2 aliphatic rings. The molecular weight excluding hydrogens is 466 g/mol. The first-order chi connectivity index (χ1) is 16.6. The van der Waals surface area contributed by atoms with Crippen LogP contribution in [0.1, 0.15) is 40.6 Å². The van der Waals surface area contributed by atoms with Crippen molar-refractivity contribution >= 4 is 21.7 Å². The average Bonchev–Trinajstić information content (AvgIpc) is 3.49. The molecule has 0 atom stereocenters. The van der Waals surface area contributed by atoms with Crippen molar-refractivity contribution in [2.24, 2.45) is 0 Å². The highest BCUT2D eigenvalue weighted by Crippen LogP contribution is 2.51. The number of carbonyl (C=O) groups is 1. The third-order valence-electron chi connectivity index (χ3n) is 6.00. The predicted molar refractivity (Wildman–Crippen MR) is 134 cm³/mol. The molecular formula is C26H29N3O5S. The zero-order valence-corrected chi connectivity index (χ0v) is 20.6.